The van der Waals surface area contributed by atoms with Gasteiger partial charge in [-0.3, -0.25) is 9.79 Å². The van der Waals surface area contributed by atoms with Crippen LogP contribution in [-0.2, 0) is 14.3 Å². The van der Waals surface area contributed by atoms with Crippen LogP contribution >= 0.6 is 15.9 Å². The van der Waals surface area contributed by atoms with Crippen molar-refractivity contribution >= 4 is 39.7 Å². The SMILES string of the molecule is COC(=O)c1cccc(N=Cc2ccc(OCC(=O)N3CCOCC3)c(Br)c2)c1C. The molecular formula is C22H23BrN2O5. The highest BCUT2D eigenvalue weighted by atomic mass is 79.9. The van der Waals surface area contributed by atoms with Crippen LogP contribution in [0.3, 0.4) is 0 Å². The van der Waals surface area contributed by atoms with Gasteiger partial charge in [-0.15, -0.1) is 0 Å². The number of aliphatic imine (C=N–C) groups is 1. The molecule has 1 aliphatic rings. The maximum atomic E-state index is 12.2. The Bertz CT molecular complexity index is 955. The predicted molar refractivity (Wildman–Crippen MR) is 117 cm³/mol. The van der Waals surface area contributed by atoms with E-state index in [1.165, 1.54) is 7.11 Å². The second kappa shape index (κ2) is 10.4. The van der Waals surface area contributed by atoms with Crippen LogP contribution in [0.15, 0.2) is 45.9 Å². The van der Waals surface area contributed by atoms with Gasteiger partial charge in [-0.25, -0.2) is 4.79 Å². The zero-order chi connectivity index (χ0) is 21.5. The fourth-order valence-corrected chi connectivity index (χ4v) is 3.51. The van der Waals surface area contributed by atoms with Gasteiger partial charge in [-0.1, -0.05) is 6.07 Å². The molecule has 2 aromatic carbocycles. The maximum Gasteiger partial charge on any atom is 0.338 e. The van der Waals surface area contributed by atoms with Gasteiger partial charge < -0.3 is 19.1 Å². The van der Waals surface area contributed by atoms with Gasteiger partial charge in [0.15, 0.2) is 6.61 Å². The van der Waals surface area contributed by atoms with Crippen molar-refractivity contribution in [2.24, 2.45) is 4.99 Å². The van der Waals surface area contributed by atoms with Crippen molar-refractivity contribution in [1.82, 2.24) is 4.90 Å². The Hall–Kier alpha value is -2.71. The Kier molecular flexibility index (Phi) is 7.59. The molecule has 3 rings (SSSR count). The molecule has 0 spiro atoms. The number of nitrogens with zero attached hydrogens (tertiary/aromatic N) is 2. The third-order valence-corrected chi connectivity index (χ3v) is 5.35. The third-order valence-electron chi connectivity index (χ3n) is 4.73. The second-order valence-electron chi connectivity index (χ2n) is 6.67. The quantitative estimate of drug-likeness (QED) is 0.472. The van der Waals surface area contributed by atoms with Gasteiger partial charge in [0.1, 0.15) is 5.75 Å². The van der Waals surface area contributed by atoms with Crippen LogP contribution in [0.25, 0.3) is 0 Å². The average molecular weight is 475 g/mol. The summed E-state index contributed by atoms with van der Waals surface area (Å²) in [5, 5.41) is 0. The lowest BCUT2D eigenvalue weighted by Gasteiger charge is -2.26. The molecule has 1 aliphatic heterocycles. The Morgan fingerprint density at radius 2 is 2.00 bits per heavy atom. The highest BCUT2D eigenvalue weighted by molar-refractivity contribution is 9.10. The number of carbonyl (C=O) groups excluding carboxylic acids is 2. The van der Waals surface area contributed by atoms with Crippen LogP contribution in [0.5, 0.6) is 5.75 Å². The number of methoxy groups -OCH3 is 1. The number of amides is 1. The largest absolute Gasteiger partial charge is 0.483 e. The number of carbonyl (C=O) groups is 2. The van der Waals surface area contributed by atoms with Crippen molar-refractivity contribution in [3.63, 3.8) is 0 Å². The predicted octanol–water partition coefficient (Wildman–Crippen LogP) is 3.53. The van der Waals surface area contributed by atoms with Gasteiger partial charge in [-0.05, 0) is 64.3 Å². The summed E-state index contributed by atoms with van der Waals surface area (Å²) >= 11 is 3.48. The van der Waals surface area contributed by atoms with E-state index in [2.05, 4.69) is 20.9 Å². The lowest BCUT2D eigenvalue weighted by atomic mass is 10.1. The van der Waals surface area contributed by atoms with Crippen molar-refractivity contribution in [2.75, 3.05) is 40.0 Å². The van der Waals surface area contributed by atoms with E-state index in [0.29, 0.717) is 43.3 Å². The van der Waals surface area contributed by atoms with E-state index >= 15 is 0 Å². The highest BCUT2D eigenvalue weighted by Crippen LogP contribution is 2.27. The molecule has 0 radical (unpaired) electrons. The number of hydrogen-bond donors (Lipinski definition) is 0. The van der Waals surface area contributed by atoms with Crippen LogP contribution in [0.1, 0.15) is 21.5 Å². The molecule has 158 valence electrons. The minimum absolute atomic E-state index is 0.0223. The Labute approximate surface area is 183 Å². The molecule has 1 fully saturated rings. The van der Waals surface area contributed by atoms with Crippen LogP contribution in [0.4, 0.5) is 5.69 Å². The van der Waals surface area contributed by atoms with Crippen molar-refractivity contribution in [1.29, 1.82) is 0 Å². The van der Waals surface area contributed by atoms with Gasteiger partial charge >= 0.3 is 5.97 Å². The molecule has 0 bridgehead atoms. The molecule has 1 heterocycles. The summed E-state index contributed by atoms with van der Waals surface area (Å²) in [6.45, 7) is 4.12. The fourth-order valence-electron chi connectivity index (χ4n) is 3.00. The van der Waals surface area contributed by atoms with Crippen molar-refractivity contribution in [3.8, 4) is 5.75 Å². The smallest absolute Gasteiger partial charge is 0.338 e. The van der Waals surface area contributed by atoms with Crippen LogP contribution in [-0.4, -0.2) is 63.0 Å². The maximum absolute atomic E-state index is 12.2. The molecular weight excluding hydrogens is 452 g/mol. The highest BCUT2D eigenvalue weighted by Gasteiger charge is 2.17. The molecule has 7 nitrogen and oxygen atoms in total. The molecule has 8 heteroatoms. The summed E-state index contributed by atoms with van der Waals surface area (Å²) in [5.74, 6) is 0.134. The van der Waals surface area contributed by atoms with Crippen LogP contribution in [0, 0.1) is 6.92 Å². The normalized spacial score (nSPS) is 14.0. The molecule has 0 atom stereocenters. The third kappa shape index (κ3) is 5.46. The van der Waals surface area contributed by atoms with E-state index in [1.807, 2.05) is 25.1 Å². The Balaban J connectivity index is 1.65. The summed E-state index contributed by atoms with van der Waals surface area (Å²) in [6.07, 6.45) is 1.71. The van der Waals surface area contributed by atoms with E-state index in [9.17, 15) is 9.59 Å². The summed E-state index contributed by atoms with van der Waals surface area (Å²) in [6, 6.07) is 10.8. The minimum Gasteiger partial charge on any atom is -0.483 e. The number of esters is 1. The molecule has 0 unspecified atom stereocenters. The summed E-state index contributed by atoms with van der Waals surface area (Å²) in [5.41, 5.74) is 2.77. The number of ether oxygens (including phenoxy) is 3. The first-order chi connectivity index (χ1) is 14.5. The standard InChI is InChI=1S/C22H23BrN2O5/c1-15-17(22(27)28-2)4-3-5-19(15)24-13-16-6-7-20(18(23)12-16)30-14-21(26)25-8-10-29-11-9-25/h3-7,12-13H,8-11,14H2,1-2H3. The Morgan fingerprint density at radius 1 is 1.23 bits per heavy atom. The van der Waals surface area contributed by atoms with E-state index in [0.717, 1.165) is 15.6 Å². The molecule has 0 saturated carbocycles. The zero-order valence-electron chi connectivity index (χ0n) is 16.9. The van der Waals surface area contributed by atoms with Crippen LogP contribution in [0.2, 0.25) is 0 Å². The van der Waals surface area contributed by atoms with E-state index in [-0.39, 0.29) is 18.5 Å². The second-order valence-corrected chi connectivity index (χ2v) is 7.53. The first kappa shape index (κ1) is 22.0. The van der Waals surface area contributed by atoms with E-state index < -0.39 is 0 Å². The summed E-state index contributed by atoms with van der Waals surface area (Å²) in [7, 11) is 1.35. The zero-order valence-corrected chi connectivity index (χ0v) is 18.5. The first-order valence-electron chi connectivity index (χ1n) is 9.49. The minimum atomic E-state index is -0.388. The monoisotopic (exact) mass is 474 g/mol. The van der Waals surface area contributed by atoms with Gasteiger partial charge in [-0.2, -0.15) is 0 Å². The average Bonchev–Trinajstić information content (AvgIpc) is 2.77. The fraction of sp³-hybridized carbons (Fsp3) is 0.318. The van der Waals surface area contributed by atoms with Crippen LogP contribution < -0.4 is 4.74 Å². The molecule has 1 saturated heterocycles. The first-order valence-corrected chi connectivity index (χ1v) is 10.3. The van der Waals surface area contributed by atoms with Gasteiger partial charge in [0.25, 0.3) is 5.91 Å². The van der Waals surface area contributed by atoms with Gasteiger partial charge in [0.05, 0.1) is 36.0 Å². The van der Waals surface area contributed by atoms with E-state index in [4.69, 9.17) is 14.2 Å². The molecule has 0 aromatic heterocycles. The van der Waals surface area contributed by atoms with Crippen molar-refractivity contribution in [3.05, 3.63) is 57.6 Å². The molecule has 0 aliphatic carbocycles. The molecule has 0 N–H and O–H groups in total. The number of halogens is 1. The van der Waals surface area contributed by atoms with Gasteiger partial charge in [0.2, 0.25) is 0 Å². The number of benzene rings is 2. The topological polar surface area (TPSA) is 77.4 Å². The molecule has 2 aromatic rings. The van der Waals surface area contributed by atoms with E-state index in [1.54, 1.807) is 29.3 Å². The Morgan fingerprint density at radius 3 is 2.70 bits per heavy atom. The number of morpholine rings is 1. The van der Waals surface area contributed by atoms with Gasteiger partial charge in [0, 0.05) is 19.3 Å². The summed E-state index contributed by atoms with van der Waals surface area (Å²) in [4.78, 5) is 30.3. The number of rotatable bonds is 6. The van der Waals surface area contributed by atoms with Crippen molar-refractivity contribution < 1.29 is 23.8 Å². The van der Waals surface area contributed by atoms with Crippen molar-refractivity contribution in [2.45, 2.75) is 6.92 Å². The molecule has 1 amide bonds. The summed E-state index contributed by atoms with van der Waals surface area (Å²) < 4.78 is 16.4. The number of hydrogen-bond acceptors (Lipinski definition) is 6. The lowest BCUT2D eigenvalue weighted by molar-refractivity contribution is -0.137. The molecule has 30 heavy (non-hydrogen) atoms. The lowest BCUT2D eigenvalue weighted by Crippen LogP contribution is -2.43.